The average molecular weight is 278 g/mol. The van der Waals surface area contributed by atoms with Crippen LogP contribution in [0.4, 0.5) is 11.4 Å². The van der Waals surface area contributed by atoms with Gasteiger partial charge in [0.1, 0.15) is 16.5 Å². The van der Waals surface area contributed by atoms with Crippen molar-refractivity contribution >= 4 is 40.4 Å². The normalized spacial score (nSPS) is 11.4. The fourth-order valence-electron chi connectivity index (χ4n) is 1.11. The van der Waals surface area contributed by atoms with Gasteiger partial charge in [0, 0.05) is 0 Å². The molecule has 0 aromatic heterocycles. The minimum Gasteiger partial charge on any atom is -0.494 e. The molecule has 0 atom stereocenters. The average Bonchev–Trinajstić information content (AvgIpc) is 2.28. The second-order valence-corrected chi connectivity index (χ2v) is 3.64. The Bertz CT molecular complexity index is 477. The first-order valence-corrected chi connectivity index (χ1v) is 5.31. The number of nitro benzene ring substituents is 1. The van der Waals surface area contributed by atoms with Gasteiger partial charge in [-0.3, -0.25) is 10.1 Å². The molecule has 2 N–H and O–H groups in total. The van der Waals surface area contributed by atoms with E-state index < -0.39 is 4.92 Å². The van der Waals surface area contributed by atoms with Crippen LogP contribution in [0.2, 0.25) is 5.02 Å². The third-order valence-electron chi connectivity index (χ3n) is 1.85. The molecule has 1 aromatic rings. The summed E-state index contributed by atoms with van der Waals surface area (Å²) in [5, 5.41) is 10.6. The van der Waals surface area contributed by atoms with E-state index in [-0.39, 0.29) is 28.2 Å². The Morgan fingerprint density at radius 2 is 2.29 bits per heavy atom. The Balaban J connectivity index is 3.33. The van der Waals surface area contributed by atoms with Gasteiger partial charge in [-0.05, 0) is 6.07 Å². The summed E-state index contributed by atoms with van der Waals surface area (Å²) in [5.74, 6) is 0.404. The lowest BCUT2D eigenvalue weighted by molar-refractivity contribution is -0.384. The number of nitrogens with zero attached hydrogens (tertiary/aromatic N) is 2. The molecule has 1 rings (SSSR count). The molecule has 0 spiro atoms. The van der Waals surface area contributed by atoms with Crippen molar-refractivity contribution in [1.29, 1.82) is 0 Å². The van der Waals surface area contributed by atoms with Gasteiger partial charge >= 0.3 is 0 Å². The summed E-state index contributed by atoms with van der Waals surface area (Å²) in [6.07, 6.45) is 0. The third kappa shape index (κ3) is 3.21. The number of aliphatic imine (C=N–C) groups is 1. The fourth-order valence-corrected chi connectivity index (χ4v) is 1.39. The highest BCUT2D eigenvalue weighted by Gasteiger charge is 2.17. The van der Waals surface area contributed by atoms with Gasteiger partial charge in [0.2, 0.25) is 0 Å². The Hall–Kier alpha value is -1.53. The second-order valence-electron chi connectivity index (χ2n) is 2.97. The molecule has 6 nitrogen and oxygen atoms in total. The number of methoxy groups -OCH3 is 1. The van der Waals surface area contributed by atoms with Crippen molar-refractivity contribution in [2.75, 3.05) is 13.0 Å². The molecule has 0 aliphatic rings. The first kappa shape index (κ1) is 13.5. The number of halogens is 2. The Morgan fingerprint density at radius 3 is 2.76 bits per heavy atom. The predicted molar refractivity (Wildman–Crippen MR) is 66.7 cm³/mol. The largest absolute Gasteiger partial charge is 0.494 e. The maximum Gasteiger partial charge on any atom is 0.291 e. The highest BCUT2D eigenvalue weighted by atomic mass is 35.5. The zero-order valence-electron chi connectivity index (χ0n) is 8.81. The summed E-state index contributed by atoms with van der Waals surface area (Å²) in [4.78, 5) is 14.0. The van der Waals surface area contributed by atoms with E-state index in [0.29, 0.717) is 5.69 Å². The van der Waals surface area contributed by atoms with Crippen molar-refractivity contribution in [2.24, 2.45) is 10.7 Å². The number of amidine groups is 1. The van der Waals surface area contributed by atoms with E-state index >= 15 is 0 Å². The predicted octanol–water partition coefficient (Wildman–Crippen LogP) is 2.48. The molecule has 0 amide bonds. The van der Waals surface area contributed by atoms with Gasteiger partial charge in [-0.1, -0.05) is 11.6 Å². The van der Waals surface area contributed by atoms with Crippen molar-refractivity contribution in [2.45, 2.75) is 0 Å². The zero-order chi connectivity index (χ0) is 13.0. The maximum absolute atomic E-state index is 10.7. The third-order valence-corrected chi connectivity index (χ3v) is 2.42. The van der Waals surface area contributed by atoms with Crippen LogP contribution < -0.4 is 10.5 Å². The molecule has 0 fully saturated rings. The van der Waals surface area contributed by atoms with Gasteiger partial charge < -0.3 is 10.5 Å². The summed E-state index contributed by atoms with van der Waals surface area (Å²) in [7, 11) is 1.36. The van der Waals surface area contributed by atoms with Gasteiger partial charge in [-0.15, -0.1) is 11.6 Å². The van der Waals surface area contributed by atoms with Crippen molar-refractivity contribution in [3.05, 3.63) is 27.3 Å². The maximum atomic E-state index is 10.7. The Kier molecular flexibility index (Phi) is 4.53. The highest BCUT2D eigenvalue weighted by Crippen LogP contribution is 2.37. The van der Waals surface area contributed by atoms with E-state index in [9.17, 15) is 10.1 Å². The van der Waals surface area contributed by atoms with E-state index in [1.807, 2.05) is 0 Å². The Morgan fingerprint density at radius 1 is 1.65 bits per heavy atom. The lowest BCUT2D eigenvalue weighted by Crippen LogP contribution is -2.12. The van der Waals surface area contributed by atoms with Crippen LogP contribution in [0.5, 0.6) is 5.75 Å². The van der Waals surface area contributed by atoms with Crippen LogP contribution >= 0.6 is 23.2 Å². The van der Waals surface area contributed by atoms with Crippen molar-refractivity contribution in [3.8, 4) is 5.75 Å². The molecule has 0 saturated heterocycles. The van der Waals surface area contributed by atoms with Crippen LogP contribution in [0.1, 0.15) is 0 Å². The first-order chi connectivity index (χ1) is 7.99. The van der Waals surface area contributed by atoms with Crippen molar-refractivity contribution < 1.29 is 9.66 Å². The van der Waals surface area contributed by atoms with Crippen LogP contribution in [0, 0.1) is 10.1 Å². The summed E-state index contributed by atoms with van der Waals surface area (Å²) in [5.41, 5.74) is 5.50. The van der Waals surface area contributed by atoms with E-state index in [1.54, 1.807) is 0 Å². The van der Waals surface area contributed by atoms with E-state index in [0.717, 1.165) is 0 Å². The topological polar surface area (TPSA) is 90.8 Å². The molecule has 8 heteroatoms. The van der Waals surface area contributed by atoms with Gasteiger partial charge in [-0.25, -0.2) is 4.99 Å². The molecule has 0 heterocycles. The van der Waals surface area contributed by atoms with E-state index in [4.69, 9.17) is 33.7 Å². The van der Waals surface area contributed by atoms with Crippen molar-refractivity contribution in [3.63, 3.8) is 0 Å². The van der Waals surface area contributed by atoms with Crippen LogP contribution in [0.3, 0.4) is 0 Å². The van der Waals surface area contributed by atoms with E-state index in [1.165, 1.54) is 19.2 Å². The highest BCUT2D eigenvalue weighted by molar-refractivity contribution is 6.33. The lowest BCUT2D eigenvalue weighted by atomic mass is 10.2. The molecular weight excluding hydrogens is 269 g/mol. The molecule has 17 heavy (non-hydrogen) atoms. The smallest absolute Gasteiger partial charge is 0.291 e. The lowest BCUT2D eigenvalue weighted by Gasteiger charge is -2.06. The number of ether oxygens (including phenoxy) is 1. The molecular formula is C9H9Cl2N3O3. The fraction of sp³-hybridized carbons (Fsp3) is 0.222. The van der Waals surface area contributed by atoms with Gasteiger partial charge in [-0.2, -0.15) is 0 Å². The monoisotopic (exact) mass is 277 g/mol. The molecule has 0 aliphatic carbocycles. The van der Waals surface area contributed by atoms with Gasteiger partial charge in [0.05, 0.1) is 24.0 Å². The number of hydrogen-bond acceptors (Lipinski definition) is 4. The molecule has 0 aliphatic heterocycles. The SMILES string of the molecule is COc1cc([N+](=O)[O-])c(Cl)cc1N=C(N)CCl. The Labute approximate surface area is 107 Å². The first-order valence-electron chi connectivity index (χ1n) is 4.40. The summed E-state index contributed by atoms with van der Waals surface area (Å²) in [6.45, 7) is 0. The summed E-state index contributed by atoms with van der Waals surface area (Å²) in [6, 6.07) is 2.49. The quantitative estimate of drug-likeness (QED) is 0.301. The molecule has 92 valence electrons. The molecule has 0 saturated carbocycles. The molecule has 1 aromatic carbocycles. The van der Waals surface area contributed by atoms with E-state index in [2.05, 4.69) is 4.99 Å². The van der Waals surface area contributed by atoms with Gasteiger partial charge in [0.15, 0.2) is 5.75 Å². The summed E-state index contributed by atoms with van der Waals surface area (Å²) >= 11 is 11.2. The standard InChI is InChI=1S/C9H9Cl2N3O3/c1-17-8-3-7(14(15)16)5(11)2-6(8)13-9(12)4-10/h2-3H,4H2,1H3,(H2,12,13). The number of alkyl halides is 1. The number of benzene rings is 1. The number of rotatable bonds is 4. The minimum atomic E-state index is -0.608. The van der Waals surface area contributed by atoms with Crippen LogP contribution in [-0.2, 0) is 0 Å². The molecule has 0 unspecified atom stereocenters. The van der Waals surface area contributed by atoms with Crippen molar-refractivity contribution in [1.82, 2.24) is 0 Å². The summed E-state index contributed by atoms with van der Waals surface area (Å²) < 4.78 is 4.97. The number of nitrogens with two attached hydrogens (primary N) is 1. The number of hydrogen-bond donors (Lipinski definition) is 1. The van der Waals surface area contributed by atoms with Crippen LogP contribution in [-0.4, -0.2) is 23.7 Å². The van der Waals surface area contributed by atoms with Gasteiger partial charge in [0.25, 0.3) is 5.69 Å². The zero-order valence-corrected chi connectivity index (χ0v) is 10.3. The molecule has 0 bridgehead atoms. The second kappa shape index (κ2) is 5.70. The molecule has 0 radical (unpaired) electrons. The number of nitro groups is 1. The van der Waals surface area contributed by atoms with Crippen LogP contribution in [0.15, 0.2) is 17.1 Å². The van der Waals surface area contributed by atoms with Crippen LogP contribution in [0.25, 0.3) is 0 Å². The minimum absolute atomic E-state index is 0.0394.